The number of ether oxygens (including phenoxy) is 3. The van der Waals surface area contributed by atoms with E-state index in [2.05, 4.69) is 4.98 Å². The summed E-state index contributed by atoms with van der Waals surface area (Å²) in [4.78, 5) is 15.7. The van der Waals surface area contributed by atoms with E-state index < -0.39 is 5.97 Å². The number of carbonyl (C=O) groups excluding carboxylic acids is 1. The van der Waals surface area contributed by atoms with Crippen molar-refractivity contribution in [1.29, 1.82) is 0 Å². The highest BCUT2D eigenvalue weighted by Gasteiger charge is 2.19. The highest BCUT2D eigenvalue weighted by molar-refractivity contribution is 6.10. The van der Waals surface area contributed by atoms with Crippen LogP contribution in [-0.2, 0) is 4.74 Å². The second kappa shape index (κ2) is 5.01. The van der Waals surface area contributed by atoms with Gasteiger partial charge in [-0.3, -0.25) is 0 Å². The molecule has 0 aliphatic heterocycles. The number of nitrogen functional groups attached to an aromatic ring is 1. The largest absolute Gasteiger partial charge is 0.493 e. The number of fused-ring (bicyclic) bond motifs is 1. The Kier molecular flexibility index (Phi) is 3.41. The van der Waals surface area contributed by atoms with Crippen molar-refractivity contribution in [1.82, 2.24) is 4.98 Å². The van der Waals surface area contributed by atoms with Gasteiger partial charge in [-0.05, 0) is 6.07 Å². The number of aromatic nitrogens is 1. The van der Waals surface area contributed by atoms with Crippen LogP contribution in [0.2, 0.25) is 0 Å². The summed E-state index contributed by atoms with van der Waals surface area (Å²) in [6, 6.07) is 3.30. The summed E-state index contributed by atoms with van der Waals surface area (Å²) in [5.74, 6) is 0.443. The Morgan fingerprint density at radius 1 is 1.26 bits per heavy atom. The van der Waals surface area contributed by atoms with Gasteiger partial charge in [-0.25, -0.2) is 9.78 Å². The fraction of sp³-hybridized carbons (Fsp3) is 0.231. The first-order chi connectivity index (χ1) is 9.13. The Morgan fingerprint density at radius 3 is 2.58 bits per heavy atom. The highest BCUT2D eigenvalue weighted by Crippen LogP contribution is 2.39. The van der Waals surface area contributed by atoms with Crippen molar-refractivity contribution in [3.05, 3.63) is 24.0 Å². The van der Waals surface area contributed by atoms with Crippen LogP contribution in [0.1, 0.15) is 10.5 Å². The highest BCUT2D eigenvalue weighted by atomic mass is 16.5. The van der Waals surface area contributed by atoms with Crippen molar-refractivity contribution in [2.75, 3.05) is 27.1 Å². The fourth-order valence-electron chi connectivity index (χ4n) is 1.97. The molecule has 0 spiro atoms. The zero-order valence-corrected chi connectivity index (χ0v) is 10.9. The van der Waals surface area contributed by atoms with Crippen LogP contribution in [0.3, 0.4) is 0 Å². The van der Waals surface area contributed by atoms with Crippen molar-refractivity contribution in [3.63, 3.8) is 0 Å². The average Bonchev–Trinajstić information content (AvgIpc) is 2.45. The summed E-state index contributed by atoms with van der Waals surface area (Å²) in [5, 5.41) is 1.14. The number of benzene rings is 1. The number of methoxy groups -OCH3 is 3. The molecule has 6 nitrogen and oxygen atoms in total. The molecule has 2 rings (SSSR count). The lowest BCUT2D eigenvalue weighted by Crippen LogP contribution is -2.07. The summed E-state index contributed by atoms with van der Waals surface area (Å²) in [5.41, 5.74) is 6.49. The van der Waals surface area contributed by atoms with Gasteiger partial charge >= 0.3 is 5.97 Å². The molecular weight excluding hydrogens is 248 g/mol. The topological polar surface area (TPSA) is 83.7 Å². The van der Waals surface area contributed by atoms with Crippen molar-refractivity contribution in [2.45, 2.75) is 0 Å². The molecule has 2 N–H and O–H groups in total. The lowest BCUT2D eigenvalue weighted by atomic mass is 10.1. The fourth-order valence-corrected chi connectivity index (χ4v) is 1.97. The minimum Gasteiger partial charge on any atom is -0.493 e. The molecule has 19 heavy (non-hydrogen) atoms. The van der Waals surface area contributed by atoms with Crippen LogP contribution in [-0.4, -0.2) is 32.3 Å². The molecule has 0 saturated heterocycles. The van der Waals surface area contributed by atoms with Crippen LogP contribution < -0.4 is 15.2 Å². The van der Waals surface area contributed by atoms with Gasteiger partial charge in [0.25, 0.3) is 0 Å². The van der Waals surface area contributed by atoms with Crippen LogP contribution in [0.25, 0.3) is 10.8 Å². The zero-order valence-electron chi connectivity index (χ0n) is 10.9. The Morgan fingerprint density at radius 2 is 2.00 bits per heavy atom. The number of pyridine rings is 1. The predicted octanol–water partition coefficient (Wildman–Crippen LogP) is 1.62. The summed E-state index contributed by atoms with van der Waals surface area (Å²) in [6.07, 6.45) is 1.50. The monoisotopic (exact) mass is 262 g/mol. The van der Waals surface area contributed by atoms with Crippen LogP contribution in [0.4, 0.5) is 5.69 Å². The van der Waals surface area contributed by atoms with E-state index in [1.807, 2.05) is 0 Å². The summed E-state index contributed by atoms with van der Waals surface area (Å²) >= 11 is 0. The smallest absolute Gasteiger partial charge is 0.357 e. The second-order valence-corrected chi connectivity index (χ2v) is 3.78. The molecule has 1 aromatic heterocycles. The molecule has 0 atom stereocenters. The van der Waals surface area contributed by atoms with Gasteiger partial charge in [0.2, 0.25) is 0 Å². The van der Waals surface area contributed by atoms with Crippen molar-refractivity contribution < 1.29 is 19.0 Å². The van der Waals surface area contributed by atoms with Crippen LogP contribution in [0, 0.1) is 0 Å². The molecule has 100 valence electrons. The van der Waals surface area contributed by atoms with Gasteiger partial charge in [0.15, 0.2) is 17.2 Å². The van der Waals surface area contributed by atoms with Gasteiger partial charge in [-0.2, -0.15) is 0 Å². The Labute approximate surface area is 110 Å². The molecule has 0 saturated carbocycles. The molecular formula is C13H14N2O4. The molecule has 6 heteroatoms. The maximum absolute atomic E-state index is 11.7. The van der Waals surface area contributed by atoms with E-state index in [1.54, 1.807) is 12.1 Å². The molecule has 0 aliphatic rings. The first-order valence-electron chi connectivity index (χ1n) is 5.51. The quantitative estimate of drug-likeness (QED) is 0.668. The number of anilines is 1. The number of carbonyl (C=O) groups is 1. The summed E-state index contributed by atoms with van der Waals surface area (Å²) in [7, 11) is 4.33. The first-order valence-corrected chi connectivity index (χ1v) is 5.51. The third kappa shape index (κ3) is 2.01. The standard InChI is InChI=1S/C13H14N2O4/c1-17-9-6-8(14)10-7(12(9)18-2)4-5-15-11(10)13(16)19-3/h4-6H,14H2,1-3H3. The van der Waals surface area contributed by atoms with E-state index >= 15 is 0 Å². The molecule has 1 heterocycles. The molecule has 1 aromatic carbocycles. The number of esters is 1. The van der Waals surface area contributed by atoms with Gasteiger partial charge < -0.3 is 19.9 Å². The minimum absolute atomic E-state index is 0.151. The van der Waals surface area contributed by atoms with Gasteiger partial charge in [0, 0.05) is 28.7 Å². The van der Waals surface area contributed by atoms with E-state index in [4.69, 9.17) is 19.9 Å². The number of nitrogens with two attached hydrogens (primary N) is 1. The maximum Gasteiger partial charge on any atom is 0.357 e. The Bertz CT molecular complexity index is 640. The van der Waals surface area contributed by atoms with Crippen molar-refractivity contribution >= 4 is 22.4 Å². The molecule has 0 amide bonds. The third-order valence-electron chi connectivity index (χ3n) is 2.80. The third-order valence-corrected chi connectivity index (χ3v) is 2.80. The van der Waals surface area contributed by atoms with E-state index in [0.717, 1.165) is 0 Å². The normalized spacial score (nSPS) is 10.3. The SMILES string of the molecule is COC(=O)c1nccc2c(OC)c(OC)cc(N)c12. The van der Waals surface area contributed by atoms with E-state index in [-0.39, 0.29) is 5.69 Å². The Hall–Kier alpha value is -2.50. The molecule has 2 aromatic rings. The van der Waals surface area contributed by atoms with Crippen molar-refractivity contribution in [2.24, 2.45) is 0 Å². The molecule has 0 bridgehead atoms. The lowest BCUT2D eigenvalue weighted by Gasteiger charge is -2.14. The summed E-state index contributed by atoms with van der Waals surface area (Å²) in [6.45, 7) is 0. The Balaban J connectivity index is 2.88. The van der Waals surface area contributed by atoms with Gasteiger partial charge in [-0.1, -0.05) is 0 Å². The number of hydrogen-bond donors (Lipinski definition) is 1. The van der Waals surface area contributed by atoms with E-state index in [0.29, 0.717) is 28.0 Å². The van der Waals surface area contributed by atoms with Crippen LogP contribution in [0.15, 0.2) is 18.3 Å². The molecule has 0 fully saturated rings. The maximum atomic E-state index is 11.7. The minimum atomic E-state index is -0.551. The summed E-state index contributed by atoms with van der Waals surface area (Å²) < 4.78 is 15.2. The van der Waals surface area contributed by atoms with E-state index in [1.165, 1.54) is 27.5 Å². The van der Waals surface area contributed by atoms with Gasteiger partial charge in [-0.15, -0.1) is 0 Å². The van der Waals surface area contributed by atoms with Crippen molar-refractivity contribution in [3.8, 4) is 11.5 Å². The van der Waals surface area contributed by atoms with E-state index in [9.17, 15) is 4.79 Å². The molecule has 0 unspecified atom stereocenters. The number of rotatable bonds is 3. The number of nitrogens with zero attached hydrogens (tertiary/aromatic N) is 1. The van der Waals surface area contributed by atoms with Gasteiger partial charge in [0.1, 0.15) is 0 Å². The van der Waals surface area contributed by atoms with Crippen LogP contribution >= 0.6 is 0 Å². The predicted molar refractivity (Wildman–Crippen MR) is 70.6 cm³/mol. The lowest BCUT2D eigenvalue weighted by molar-refractivity contribution is 0.0596. The first kappa shape index (κ1) is 12.9. The number of hydrogen-bond acceptors (Lipinski definition) is 6. The van der Waals surface area contributed by atoms with Crippen LogP contribution in [0.5, 0.6) is 11.5 Å². The van der Waals surface area contributed by atoms with Gasteiger partial charge in [0.05, 0.1) is 21.3 Å². The zero-order chi connectivity index (χ0) is 14.0. The second-order valence-electron chi connectivity index (χ2n) is 3.78. The average molecular weight is 262 g/mol. The molecule has 0 radical (unpaired) electrons. The molecule has 0 aliphatic carbocycles.